The molecule has 0 radical (unpaired) electrons. The average molecular weight is 391 g/mol. The zero-order chi connectivity index (χ0) is 11.5. The van der Waals surface area contributed by atoms with Crippen LogP contribution < -0.4 is 5.32 Å². The highest BCUT2D eigenvalue weighted by Gasteiger charge is 2.09. The number of benzene rings is 1. The van der Waals surface area contributed by atoms with Crippen LogP contribution in [0, 0.1) is 3.57 Å². The van der Waals surface area contributed by atoms with Gasteiger partial charge in [-0.3, -0.25) is 4.79 Å². The van der Waals surface area contributed by atoms with E-state index in [2.05, 4.69) is 48.8 Å². The molecule has 0 aliphatic heterocycles. The standard InChI is InChI=1S/C11H8BrIN2O/c12-7-5-10(14-6-7)11(16)15-9-4-2-1-3-8(9)13/h1-6,14H,(H,15,16). The zero-order valence-electron chi connectivity index (χ0n) is 8.13. The Morgan fingerprint density at radius 1 is 1.38 bits per heavy atom. The van der Waals surface area contributed by atoms with Crippen molar-refractivity contribution in [2.45, 2.75) is 0 Å². The van der Waals surface area contributed by atoms with Gasteiger partial charge in [0.05, 0.1) is 5.69 Å². The van der Waals surface area contributed by atoms with Gasteiger partial charge in [0.25, 0.3) is 5.91 Å². The second-order valence-electron chi connectivity index (χ2n) is 3.17. The minimum atomic E-state index is -0.144. The second kappa shape index (κ2) is 5.01. The van der Waals surface area contributed by atoms with Crippen molar-refractivity contribution in [2.75, 3.05) is 5.32 Å². The molecular formula is C11H8BrIN2O. The van der Waals surface area contributed by atoms with Gasteiger partial charge < -0.3 is 10.3 Å². The van der Waals surface area contributed by atoms with E-state index in [1.807, 2.05) is 24.3 Å². The highest BCUT2D eigenvalue weighted by atomic mass is 127. The molecule has 0 spiro atoms. The number of aromatic nitrogens is 1. The van der Waals surface area contributed by atoms with Gasteiger partial charge in [-0.2, -0.15) is 0 Å². The molecule has 0 saturated carbocycles. The van der Waals surface area contributed by atoms with E-state index in [1.165, 1.54) is 0 Å². The number of rotatable bonds is 2. The van der Waals surface area contributed by atoms with Crippen molar-refractivity contribution < 1.29 is 4.79 Å². The first-order valence-electron chi connectivity index (χ1n) is 4.56. The molecule has 0 atom stereocenters. The average Bonchev–Trinajstić information content (AvgIpc) is 2.68. The summed E-state index contributed by atoms with van der Waals surface area (Å²) in [4.78, 5) is 14.7. The first-order chi connectivity index (χ1) is 7.66. The summed E-state index contributed by atoms with van der Waals surface area (Å²) in [5.41, 5.74) is 1.35. The van der Waals surface area contributed by atoms with Gasteiger partial charge in [-0.15, -0.1) is 0 Å². The number of hydrogen-bond acceptors (Lipinski definition) is 1. The van der Waals surface area contributed by atoms with Crippen LogP contribution >= 0.6 is 38.5 Å². The Bertz CT molecular complexity index is 524. The molecule has 16 heavy (non-hydrogen) atoms. The number of para-hydroxylation sites is 1. The van der Waals surface area contributed by atoms with Gasteiger partial charge in [0, 0.05) is 14.2 Å². The molecule has 2 N–H and O–H groups in total. The largest absolute Gasteiger partial charge is 0.356 e. The Morgan fingerprint density at radius 2 is 2.12 bits per heavy atom. The summed E-state index contributed by atoms with van der Waals surface area (Å²) in [7, 11) is 0. The van der Waals surface area contributed by atoms with Crippen LogP contribution in [0.15, 0.2) is 41.0 Å². The lowest BCUT2D eigenvalue weighted by molar-refractivity contribution is 0.102. The van der Waals surface area contributed by atoms with Crippen molar-refractivity contribution >= 4 is 50.1 Å². The van der Waals surface area contributed by atoms with Gasteiger partial charge in [0.2, 0.25) is 0 Å². The molecule has 0 saturated heterocycles. The smallest absolute Gasteiger partial charge is 0.272 e. The highest BCUT2D eigenvalue weighted by Crippen LogP contribution is 2.18. The van der Waals surface area contributed by atoms with Crippen molar-refractivity contribution in [3.8, 4) is 0 Å². The minimum absolute atomic E-state index is 0.144. The van der Waals surface area contributed by atoms with Crippen LogP contribution in [0.5, 0.6) is 0 Å². The fraction of sp³-hybridized carbons (Fsp3) is 0. The molecule has 3 nitrogen and oxygen atoms in total. The molecule has 2 aromatic rings. The molecule has 82 valence electrons. The predicted octanol–water partition coefficient (Wildman–Crippen LogP) is 3.63. The second-order valence-corrected chi connectivity index (χ2v) is 5.24. The van der Waals surface area contributed by atoms with E-state index in [9.17, 15) is 4.79 Å². The Balaban J connectivity index is 2.17. The number of nitrogens with one attached hydrogen (secondary N) is 2. The lowest BCUT2D eigenvalue weighted by atomic mass is 10.3. The third-order valence-corrected chi connectivity index (χ3v) is 3.41. The Kier molecular flexibility index (Phi) is 3.65. The van der Waals surface area contributed by atoms with Crippen molar-refractivity contribution in [1.82, 2.24) is 4.98 Å². The molecule has 1 aromatic heterocycles. The van der Waals surface area contributed by atoms with Gasteiger partial charge in [0.1, 0.15) is 5.69 Å². The number of H-pyrrole nitrogens is 1. The van der Waals surface area contributed by atoms with Gasteiger partial charge in [-0.25, -0.2) is 0 Å². The summed E-state index contributed by atoms with van der Waals surface area (Å²) >= 11 is 5.47. The van der Waals surface area contributed by atoms with Crippen LogP contribution in [0.2, 0.25) is 0 Å². The van der Waals surface area contributed by atoms with Gasteiger partial charge in [-0.05, 0) is 56.7 Å². The number of hydrogen-bond donors (Lipinski definition) is 2. The Morgan fingerprint density at radius 3 is 2.75 bits per heavy atom. The summed E-state index contributed by atoms with van der Waals surface area (Å²) < 4.78 is 1.87. The first kappa shape index (κ1) is 11.7. The van der Waals surface area contributed by atoms with Gasteiger partial charge >= 0.3 is 0 Å². The van der Waals surface area contributed by atoms with Crippen LogP contribution in [0.25, 0.3) is 0 Å². The van der Waals surface area contributed by atoms with Crippen molar-refractivity contribution in [1.29, 1.82) is 0 Å². The van der Waals surface area contributed by atoms with E-state index < -0.39 is 0 Å². The Hall–Kier alpha value is -0.820. The number of carbonyl (C=O) groups excluding carboxylic acids is 1. The van der Waals surface area contributed by atoms with Crippen molar-refractivity contribution in [3.05, 3.63) is 50.3 Å². The van der Waals surface area contributed by atoms with E-state index in [-0.39, 0.29) is 5.91 Å². The zero-order valence-corrected chi connectivity index (χ0v) is 11.9. The van der Waals surface area contributed by atoms with Crippen LogP contribution in [0.4, 0.5) is 5.69 Å². The fourth-order valence-electron chi connectivity index (χ4n) is 1.25. The topological polar surface area (TPSA) is 44.9 Å². The van der Waals surface area contributed by atoms with Gasteiger partial charge in [0.15, 0.2) is 0 Å². The quantitative estimate of drug-likeness (QED) is 0.755. The van der Waals surface area contributed by atoms with E-state index in [0.717, 1.165) is 13.7 Å². The maximum atomic E-state index is 11.8. The number of amides is 1. The molecule has 0 aliphatic carbocycles. The number of carbonyl (C=O) groups is 1. The normalized spacial score (nSPS) is 10.1. The van der Waals surface area contributed by atoms with Crippen molar-refractivity contribution in [2.24, 2.45) is 0 Å². The lowest BCUT2D eigenvalue weighted by Gasteiger charge is -2.05. The highest BCUT2D eigenvalue weighted by molar-refractivity contribution is 14.1. The van der Waals surface area contributed by atoms with E-state index in [0.29, 0.717) is 5.69 Å². The first-order valence-corrected chi connectivity index (χ1v) is 6.44. The SMILES string of the molecule is O=C(Nc1ccccc1I)c1cc(Br)c[nH]1. The summed E-state index contributed by atoms with van der Waals surface area (Å²) in [5.74, 6) is -0.144. The third-order valence-electron chi connectivity index (χ3n) is 2.01. The monoisotopic (exact) mass is 390 g/mol. The molecule has 1 amide bonds. The Labute approximate surface area is 115 Å². The van der Waals surface area contributed by atoms with Gasteiger partial charge in [-0.1, -0.05) is 12.1 Å². The maximum Gasteiger partial charge on any atom is 0.272 e. The lowest BCUT2D eigenvalue weighted by Crippen LogP contribution is -2.12. The van der Waals surface area contributed by atoms with Crippen molar-refractivity contribution in [3.63, 3.8) is 0 Å². The summed E-state index contributed by atoms with van der Waals surface area (Å²) in [6, 6.07) is 9.38. The fourth-order valence-corrected chi connectivity index (χ4v) is 2.12. The third kappa shape index (κ3) is 2.65. The molecule has 2 rings (SSSR count). The van der Waals surface area contributed by atoms with Crippen LogP contribution in [0.3, 0.4) is 0 Å². The van der Waals surface area contributed by atoms with E-state index in [4.69, 9.17) is 0 Å². The molecular weight excluding hydrogens is 383 g/mol. The molecule has 1 heterocycles. The summed E-state index contributed by atoms with van der Waals surface area (Å²) in [5, 5.41) is 2.84. The number of aromatic amines is 1. The van der Waals surface area contributed by atoms with E-state index >= 15 is 0 Å². The number of anilines is 1. The molecule has 1 aromatic carbocycles. The van der Waals surface area contributed by atoms with Crippen LogP contribution in [-0.2, 0) is 0 Å². The molecule has 0 unspecified atom stereocenters. The van der Waals surface area contributed by atoms with E-state index in [1.54, 1.807) is 12.3 Å². The summed E-state index contributed by atoms with van der Waals surface area (Å²) in [6.45, 7) is 0. The number of halogens is 2. The van der Waals surface area contributed by atoms with Crippen LogP contribution in [0.1, 0.15) is 10.5 Å². The predicted molar refractivity (Wildman–Crippen MR) is 75.6 cm³/mol. The minimum Gasteiger partial charge on any atom is -0.356 e. The maximum absolute atomic E-state index is 11.8. The molecule has 0 bridgehead atoms. The van der Waals surface area contributed by atoms with Crippen LogP contribution in [-0.4, -0.2) is 10.9 Å². The molecule has 0 aliphatic rings. The molecule has 5 heteroatoms. The molecule has 0 fully saturated rings. The summed E-state index contributed by atoms with van der Waals surface area (Å²) in [6.07, 6.45) is 1.73.